The lowest BCUT2D eigenvalue weighted by atomic mass is 9.83. The van der Waals surface area contributed by atoms with E-state index in [2.05, 4.69) is 17.6 Å². The zero-order valence-corrected chi connectivity index (χ0v) is 11.7. The maximum absolute atomic E-state index is 12.5. The monoisotopic (exact) mass is 262 g/mol. The molecule has 0 spiro atoms. The van der Waals surface area contributed by atoms with E-state index >= 15 is 0 Å². The van der Waals surface area contributed by atoms with Crippen LogP contribution in [0.3, 0.4) is 0 Å². The molecule has 1 aliphatic rings. The maximum atomic E-state index is 12.5. The van der Waals surface area contributed by atoms with Crippen molar-refractivity contribution >= 4 is 11.6 Å². The van der Waals surface area contributed by atoms with E-state index < -0.39 is 0 Å². The fourth-order valence-corrected chi connectivity index (χ4v) is 2.51. The van der Waals surface area contributed by atoms with Gasteiger partial charge in [0.2, 0.25) is 5.91 Å². The molecule has 1 saturated heterocycles. The molecule has 4 heteroatoms. The molecule has 1 heterocycles. The molecule has 104 valence electrons. The number of carbonyl (C=O) groups is 1. The van der Waals surface area contributed by atoms with Crippen LogP contribution in [0.25, 0.3) is 0 Å². The fourth-order valence-electron chi connectivity index (χ4n) is 2.51. The van der Waals surface area contributed by atoms with Gasteiger partial charge in [0.15, 0.2) is 0 Å². The van der Waals surface area contributed by atoms with E-state index in [1.807, 2.05) is 31.2 Å². The number of hydrogen-bond acceptors (Lipinski definition) is 3. The molecule has 19 heavy (non-hydrogen) atoms. The van der Waals surface area contributed by atoms with Crippen LogP contribution in [0.1, 0.15) is 26.7 Å². The van der Waals surface area contributed by atoms with Crippen LogP contribution in [0.2, 0.25) is 0 Å². The number of amides is 1. The third-order valence-electron chi connectivity index (χ3n) is 3.84. The molecule has 0 radical (unpaired) electrons. The number of hydrogen-bond donors (Lipinski definition) is 2. The summed E-state index contributed by atoms with van der Waals surface area (Å²) in [6, 6.07) is 7.58. The minimum Gasteiger partial charge on any atom is -0.492 e. The topological polar surface area (TPSA) is 50.4 Å². The Kier molecular flexibility index (Phi) is 4.43. The molecule has 1 fully saturated rings. The second-order valence-electron chi connectivity index (χ2n) is 4.94. The Labute approximate surface area is 114 Å². The average molecular weight is 262 g/mol. The third kappa shape index (κ3) is 2.89. The van der Waals surface area contributed by atoms with E-state index in [1.54, 1.807) is 0 Å². The van der Waals surface area contributed by atoms with Crippen LogP contribution in [-0.4, -0.2) is 25.6 Å². The summed E-state index contributed by atoms with van der Waals surface area (Å²) in [7, 11) is 0. The Balaban J connectivity index is 2.14. The number of nitrogens with one attached hydrogen (secondary N) is 2. The van der Waals surface area contributed by atoms with Gasteiger partial charge >= 0.3 is 0 Å². The SMILES string of the molecule is CCOc1ccccc1NC(=O)C1(CC)CCNC1. The van der Waals surface area contributed by atoms with Crippen LogP contribution >= 0.6 is 0 Å². The highest BCUT2D eigenvalue weighted by Crippen LogP contribution is 2.32. The molecule has 0 aromatic heterocycles. The van der Waals surface area contributed by atoms with Gasteiger partial charge in [-0.15, -0.1) is 0 Å². The molecule has 4 nitrogen and oxygen atoms in total. The molecule has 1 amide bonds. The Morgan fingerprint density at radius 2 is 2.21 bits per heavy atom. The van der Waals surface area contributed by atoms with Crippen molar-refractivity contribution in [1.29, 1.82) is 0 Å². The largest absolute Gasteiger partial charge is 0.492 e. The van der Waals surface area contributed by atoms with E-state index in [0.717, 1.165) is 37.4 Å². The van der Waals surface area contributed by atoms with Crippen molar-refractivity contribution in [2.24, 2.45) is 5.41 Å². The zero-order chi connectivity index (χ0) is 13.7. The fraction of sp³-hybridized carbons (Fsp3) is 0.533. The Hall–Kier alpha value is -1.55. The Morgan fingerprint density at radius 1 is 1.42 bits per heavy atom. The summed E-state index contributed by atoms with van der Waals surface area (Å²) in [5.74, 6) is 0.822. The van der Waals surface area contributed by atoms with E-state index in [1.165, 1.54) is 0 Å². The first-order valence-corrected chi connectivity index (χ1v) is 6.96. The lowest BCUT2D eigenvalue weighted by molar-refractivity contribution is -0.124. The summed E-state index contributed by atoms with van der Waals surface area (Å²) in [4.78, 5) is 12.5. The van der Waals surface area contributed by atoms with Gasteiger partial charge in [-0.2, -0.15) is 0 Å². The number of carbonyl (C=O) groups excluding carboxylic acids is 1. The number of anilines is 1. The van der Waals surface area contributed by atoms with Gasteiger partial charge in [0, 0.05) is 6.54 Å². The minimum absolute atomic E-state index is 0.0900. The molecule has 1 aromatic carbocycles. The molecule has 1 atom stereocenters. The van der Waals surface area contributed by atoms with Crippen molar-refractivity contribution in [2.45, 2.75) is 26.7 Å². The van der Waals surface area contributed by atoms with Crippen molar-refractivity contribution < 1.29 is 9.53 Å². The summed E-state index contributed by atoms with van der Waals surface area (Å²) in [6.07, 6.45) is 1.74. The van der Waals surface area contributed by atoms with Gasteiger partial charge < -0.3 is 15.4 Å². The molecular weight excluding hydrogens is 240 g/mol. The molecule has 1 aliphatic heterocycles. The Bertz CT molecular complexity index is 440. The Morgan fingerprint density at radius 3 is 2.84 bits per heavy atom. The van der Waals surface area contributed by atoms with E-state index in [0.29, 0.717) is 6.61 Å². The molecule has 1 unspecified atom stereocenters. The van der Waals surface area contributed by atoms with Gasteiger partial charge in [0.1, 0.15) is 5.75 Å². The van der Waals surface area contributed by atoms with Gasteiger partial charge in [-0.1, -0.05) is 19.1 Å². The van der Waals surface area contributed by atoms with Crippen molar-refractivity contribution in [3.8, 4) is 5.75 Å². The summed E-state index contributed by atoms with van der Waals surface area (Å²) < 4.78 is 5.54. The summed E-state index contributed by atoms with van der Waals surface area (Å²) in [5, 5.41) is 6.30. The van der Waals surface area contributed by atoms with Crippen LogP contribution in [0, 0.1) is 5.41 Å². The predicted molar refractivity (Wildman–Crippen MR) is 76.5 cm³/mol. The number of rotatable bonds is 5. The van der Waals surface area contributed by atoms with Gasteiger partial charge in [0.05, 0.1) is 17.7 Å². The third-order valence-corrected chi connectivity index (χ3v) is 3.84. The number of ether oxygens (including phenoxy) is 1. The lowest BCUT2D eigenvalue weighted by Gasteiger charge is -2.25. The van der Waals surface area contributed by atoms with Crippen molar-refractivity contribution in [3.05, 3.63) is 24.3 Å². The second-order valence-corrected chi connectivity index (χ2v) is 4.94. The second kappa shape index (κ2) is 6.06. The van der Waals surface area contributed by atoms with Gasteiger partial charge in [-0.05, 0) is 38.4 Å². The van der Waals surface area contributed by atoms with Gasteiger partial charge in [-0.3, -0.25) is 4.79 Å². The van der Waals surface area contributed by atoms with Crippen LogP contribution in [0.4, 0.5) is 5.69 Å². The van der Waals surface area contributed by atoms with Crippen LogP contribution in [0.5, 0.6) is 5.75 Å². The molecule has 2 N–H and O–H groups in total. The summed E-state index contributed by atoms with van der Waals surface area (Å²) in [5.41, 5.74) is 0.480. The summed E-state index contributed by atoms with van der Waals surface area (Å²) >= 11 is 0. The summed E-state index contributed by atoms with van der Waals surface area (Å²) in [6.45, 7) is 6.27. The highest BCUT2D eigenvalue weighted by molar-refractivity contribution is 5.96. The standard InChI is InChI=1S/C15H22N2O2/c1-3-15(9-10-16-11-15)14(18)17-12-7-5-6-8-13(12)19-4-2/h5-8,16H,3-4,9-11H2,1-2H3,(H,17,18). The molecule has 0 aliphatic carbocycles. The minimum atomic E-state index is -0.278. The first kappa shape index (κ1) is 13.9. The first-order chi connectivity index (χ1) is 9.22. The van der Waals surface area contributed by atoms with E-state index in [-0.39, 0.29) is 11.3 Å². The highest BCUT2D eigenvalue weighted by Gasteiger charge is 2.39. The van der Waals surface area contributed by atoms with Crippen molar-refractivity contribution in [3.63, 3.8) is 0 Å². The molecular formula is C15H22N2O2. The average Bonchev–Trinajstić information content (AvgIpc) is 2.91. The molecule has 0 bridgehead atoms. The maximum Gasteiger partial charge on any atom is 0.232 e. The number of benzene rings is 1. The van der Waals surface area contributed by atoms with E-state index in [4.69, 9.17) is 4.74 Å². The van der Waals surface area contributed by atoms with E-state index in [9.17, 15) is 4.79 Å². The smallest absolute Gasteiger partial charge is 0.232 e. The van der Waals surface area contributed by atoms with Gasteiger partial charge in [-0.25, -0.2) is 0 Å². The van der Waals surface area contributed by atoms with Crippen LogP contribution < -0.4 is 15.4 Å². The van der Waals surface area contributed by atoms with Crippen LogP contribution in [0.15, 0.2) is 24.3 Å². The molecule has 2 rings (SSSR count). The molecule has 0 saturated carbocycles. The van der Waals surface area contributed by atoms with Gasteiger partial charge in [0.25, 0.3) is 0 Å². The highest BCUT2D eigenvalue weighted by atomic mass is 16.5. The predicted octanol–water partition coefficient (Wildman–Crippen LogP) is 2.41. The van der Waals surface area contributed by atoms with Crippen LogP contribution in [-0.2, 0) is 4.79 Å². The quantitative estimate of drug-likeness (QED) is 0.856. The zero-order valence-electron chi connectivity index (χ0n) is 11.7. The van der Waals surface area contributed by atoms with Crippen molar-refractivity contribution in [2.75, 3.05) is 25.0 Å². The molecule has 1 aromatic rings. The van der Waals surface area contributed by atoms with Crippen molar-refractivity contribution in [1.82, 2.24) is 5.32 Å². The lowest BCUT2D eigenvalue weighted by Crippen LogP contribution is -2.37. The normalized spacial score (nSPS) is 22.2. The first-order valence-electron chi connectivity index (χ1n) is 6.96. The number of para-hydroxylation sites is 2.